The number of rotatable bonds is 4. The summed E-state index contributed by atoms with van der Waals surface area (Å²) in [7, 11) is 3.34. The highest BCUT2D eigenvalue weighted by atomic mass is 16.5. The lowest BCUT2D eigenvalue weighted by Crippen LogP contribution is -2.48. The Kier molecular flexibility index (Phi) is 3.97. The summed E-state index contributed by atoms with van der Waals surface area (Å²) in [5.41, 5.74) is 3.86. The third-order valence-corrected chi connectivity index (χ3v) is 4.48. The molecule has 116 valence electrons. The highest BCUT2D eigenvalue weighted by molar-refractivity contribution is 5.59. The molecule has 0 saturated carbocycles. The van der Waals surface area contributed by atoms with Gasteiger partial charge in [-0.05, 0) is 30.5 Å². The molecule has 1 heterocycles. The minimum atomic E-state index is 0.429. The Labute approximate surface area is 132 Å². The number of anilines is 1. The average Bonchev–Trinajstić information content (AvgIpc) is 2.54. The zero-order valence-electron chi connectivity index (χ0n) is 13.7. The summed E-state index contributed by atoms with van der Waals surface area (Å²) in [5, 5.41) is 0. The van der Waals surface area contributed by atoms with E-state index in [-0.39, 0.29) is 0 Å². The largest absolute Gasteiger partial charge is 0.493 e. The minimum Gasteiger partial charge on any atom is -0.493 e. The maximum Gasteiger partial charge on any atom is 0.162 e. The first-order valence-corrected chi connectivity index (χ1v) is 7.69. The van der Waals surface area contributed by atoms with Crippen molar-refractivity contribution in [2.24, 2.45) is 5.92 Å². The van der Waals surface area contributed by atoms with Crippen molar-refractivity contribution in [3.05, 3.63) is 53.6 Å². The Bertz CT molecular complexity index is 651. The zero-order valence-corrected chi connectivity index (χ0v) is 13.7. The van der Waals surface area contributed by atoms with Gasteiger partial charge < -0.3 is 14.4 Å². The second-order valence-electron chi connectivity index (χ2n) is 6.02. The fourth-order valence-corrected chi connectivity index (χ4v) is 3.23. The Hall–Kier alpha value is -2.16. The number of hydrogen-bond acceptors (Lipinski definition) is 3. The van der Waals surface area contributed by atoms with E-state index in [1.54, 1.807) is 14.2 Å². The van der Waals surface area contributed by atoms with Gasteiger partial charge in [-0.3, -0.25) is 0 Å². The van der Waals surface area contributed by atoms with Gasteiger partial charge in [-0.2, -0.15) is 0 Å². The first-order chi connectivity index (χ1) is 10.6. The summed E-state index contributed by atoms with van der Waals surface area (Å²) in [5.74, 6) is 2.20. The van der Waals surface area contributed by atoms with E-state index in [4.69, 9.17) is 9.47 Å². The Balaban J connectivity index is 1.90. The molecule has 0 unspecified atom stereocenters. The van der Waals surface area contributed by atoms with Crippen LogP contribution in [0, 0.1) is 12.8 Å². The van der Waals surface area contributed by atoms with Crippen LogP contribution in [0.1, 0.15) is 24.1 Å². The minimum absolute atomic E-state index is 0.429. The van der Waals surface area contributed by atoms with Gasteiger partial charge in [0.1, 0.15) is 0 Å². The van der Waals surface area contributed by atoms with Gasteiger partial charge >= 0.3 is 0 Å². The summed E-state index contributed by atoms with van der Waals surface area (Å²) in [6, 6.07) is 15.4. The molecule has 2 aromatic rings. The van der Waals surface area contributed by atoms with Crippen LogP contribution in [-0.4, -0.2) is 20.8 Å². The summed E-state index contributed by atoms with van der Waals surface area (Å²) in [4.78, 5) is 2.43. The van der Waals surface area contributed by atoms with Crippen LogP contribution in [0.25, 0.3) is 0 Å². The second-order valence-corrected chi connectivity index (χ2v) is 6.02. The number of aryl methyl sites for hydroxylation is 1. The van der Waals surface area contributed by atoms with E-state index in [0.29, 0.717) is 12.0 Å². The Morgan fingerprint density at radius 3 is 2.23 bits per heavy atom. The number of ether oxygens (including phenoxy) is 2. The van der Waals surface area contributed by atoms with Gasteiger partial charge in [-0.15, -0.1) is 0 Å². The third-order valence-electron chi connectivity index (χ3n) is 4.48. The van der Waals surface area contributed by atoms with Gasteiger partial charge in [0.25, 0.3) is 0 Å². The molecule has 0 bridgehead atoms. The van der Waals surface area contributed by atoms with Crippen molar-refractivity contribution in [2.75, 3.05) is 25.7 Å². The van der Waals surface area contributed by atoms with Crippen LogP contribution in [0.3, 0.4) is 0 Å². The van der Waals surface area contributed by atoms with Crippen molar-refractivity contribution >= 4 is 5.69 Å². The SMILES string of the molecule is COc1ccc(N2C[C@@H](C)[C@H]2c2ccc(C)cc2)cc1OC. The molecule has 1 saturated heterocycles. The second kappa shape index (κ2) is 5.91. The van der Waals surface area contributed by atoms with E-state index in [2.05, 4.69) is 55.1 Å². The van der Waals surface area contributed by atoms with E-state index in [1.807, 2.05) is 6.07 Å². The molecule has 1 aliphatic rings. The summed E-state index contributed by atoms with van der Waals surface area (Å²) >= 11 is 0. The molecule has 3 nitrogen and oxygen atoms in total. The van der Waals surface area contributed by atoms with Crippen LogP contribution in [0.15, 0.2) is 42.5 Å². The van der Waals surface area contributed by atoms with Crippen LogP contribution in [0.4, 0.5) is 5.69 Å². The molecule has 3 rings (SSSR count). The van der Waals surface area contributed by atoms with Crippen LogP contribution >= 0.6 is 0 Å². The zero-order chi connectivity index (χ0) is 15.7. The van der Waals surface area contributed by atoms with E-state index < -0.39 is 0 Å². The fourth-order valence-electron chi connectivity index (χ4n) is 3.23. The molecule has 0 amide bonds. The van der Waals surface area contributed by atoms with Gasteiger partial charge in [-0.1, -0.05) is 36.8 Å². The summed E-state index contributed by atoms with van der Waals surface area (Å²) in [6.45, 7) is 5.50. The number of hydrogen-bond donors (Lipinski definition) is 0. The van der Waals surface area contributed by atoms with E-state index in [9.17, 15) is 0 Å². The van der Waals surface area contributed by atoms with Crippen molar-refractivity contribution in [3.63, 3.8) is 0 Å². The van der Waals surface area contributed by atoms with Crippen LogP contribution < -0.4 is 14.4 Å². The highest BCUT2D eigenvalue weighted by Gasteiger charge is 2.37. The predicted molar refractivity (Wildman–Crippen MR) is 90.0 cm³/mol. The lowest BCUT2D eigenvalue weighted by molar-refractivity contribution is 0.322. The molecule has 0 aromatic heterocycles. The van der Waals surface area contributed by atoms with Crippen molar-refractivity contribution in [3.8, 4) is 11.5 Å². The fraction of sp³-hybridized carbons (Fsp3) is 0.368. The van der Waals surface area contributed by atoms with E-state index in [1.165, 1.54) is 16.8 Å². The van der Waals surface area contributed by atoms with Gasteiger partial charge in [-0.25, -0.2) is 0 Å². The lowest BCUT2D eigenvalue weighted by atomic mass is 9.84. The van der Waals surface area contributed by atoms with Gasteiger partial charge in [0, 0.05) is 18.3 Å². The maximum atomic E-state index is 5.43. The summed E-state index contributed by atoms with van der Waals surface area (Å²) in [6.07, 6.45) is 0. The molecular formula is C19H23NO2. The monoisotopic (exact) mass is 297 g/mol. The predicted octanol–water partition coefficient (Wildman–Crippen LogP) is 4.21. The molecule has 0 radical (unpaired) electrons. The lowest BCUT2D eigenvalue weighted by Gasteiger charge is -2.49. The first kappa shape index (κ1) is 14.8. The number of benzene rings is 2. The van der Waals surface area contributed by atoms with Crippen LogP contribution in [0.2, 0.25) is 0 Å². The number of methoxy groups -OCH3 is 2. The molecule has 2 atom stereocenters. The van der Waals surface area contributed by atoms with Crippen molar-refractivity contribution in [2.45, 2.75) is 19.9 Å². The maximum absolute atomic E-state index is 5.43. The normalized spacial score (nSPS) is 20.5. The van der Waals surface area contributed by atoms with E-state index >= 15 is 0 Å². The molecule has 2 aromatic carbocycles. The first-order valence-electron chi connectivity index (χ1n) is 7.69. The molecule has 0 spiro atoms. The van der Waals surface area contributed by atoms with Gasteiger partial charge in [0.2, 0.25) is 0 Å². The Morgan fingerprint density at radius 2 is 1.64 bits per heavy atom. The third kappa shape index (κ3) is 2.52. The van der Waals surface area contributed by atoms with Crippen molar-refractivity contribution in [1.82, 2.24) is 0 Å². The molecule has 3 heteroatoms. The van der Waals surface area contributed by atoms with E-state index in [0.717, 1.165) is 18.0 Å². The highest BCUT2D eigenvalue weighted by Crippen LogP contribution is 2.44. The number of nitrogens with zero attached hydrogens (tertiary/aromatic N) is 1. The Morgan fingerprint density at radius 1 is 0.955 bits per heavy atom. The molecule has 0 aliphatic carbocycles. The molecular weight excluding hydrogens is 274 g/mol. The van der Waals surface area contributed by atoms with Gasteiger partial charge in [0.15, 0.2) is 11.5 Å². The van der Waals surface area contributed by atoms with Crippen LogP contribution in [0.5, 0.6) is 11.5 Å². The molecule has 0 N–H and O–H groups in total. The molecule has 1 fully saturated rings. The van der Waals surface area contributed by atoms with Crippen molar-refractivity contribution in [1.29, 1.82) is 0 Å². The quantitative estimate of drug-likeness (QED) is 0.844. The van der Waals surface area contributed by atoms with Crippen LogP contribution in [-0.2, 0) is 0 Å². The van der Waals surface area contributed by atoms with Crippen molar-refractivity contribution < 1.29 is 9.47 Å². The topological polar surface area (TPSA) is 21.7 Å². The standard InChI is InChI=1S/C19H23NO2/c1-13-5-7-15(8-6-13)19-14(2)12-20(19)16-9-10-17(21-3)18(11-16)22-4/h5-11,14,19H,12H2,1-4H3/t14-,19+/m1/s1. The molecule has 1 aliphatic heterocycles. The summed E-state index contributed by atoms with van der Waals surface area (Å²) < 4.78 is 10.8. The smallest absolute Gasteiger partial charge is 0.162 e. The van der Waals surface area contributed by atoms with Gasteiger partial charge in [0.05, 0.1) is 20.3 Å². The molecule has 22 heavy (non-hydrogen) atoms. The average molecular weight is 297 g/mol.